The number of amides is 1. The van der Waals surface area contributed by atoms with Gasteiger partial charge in [-0.15, -0.1) is 0 Å². The molecule has 0 spiro atoms. The molecule has 0 bridgehead atoms. The summed E-state index contributed by atoms with van der Waals surface area (Å²) in [6.45, 7) is 3.81. The Balaban J connectivity index is 1.66. The number of hydrogen-bond donors (Lipinski definition) is 1. The fourth-order valence-electron chi connectivity index (χ4n) is 2.94. The molecule has 0 saturated heterocycles. The van der Waals surface area contributed by atoms with Crippen LogP contribution in [0.15, 0.2) is 41.3 Å². The third kappa shape index (κ3) is 2.71. The lowest BCUT2D eigenvalue weighted by atomic mass is 10.1. The molecule has 2 heterocycles. The first-order valence-electron chi connectivity index (χ1n) is 8.30. The molecule has 0 aliphatic heterocycles. The van der Waals surface area contributed by atoms with E-state index in [0.717, 1.165) is 18.4 Å². The number of nitrogens with zero attached hydrogens (tertiary/aromatic N) is 4. The average molecular weight is 337 g/mol. The van der Waals surface area contributed by atoms with E-state index >= 15 is 0 Å². The summed E-state index contributed by atoms with van der Waals surface area (Å²) in [4.78, 5) is 29.5. The van der Waals surface area contributed by atoms with Crippen molar-refractivity contribution < 1.29 is 4.79 Å². The second kappa shape index (κ2) is 5.54. The van der Waals surface area contributed by atoms with Crippen LogP contribution < -0.4 is 11.0 Å². The fraction of sp³-hybridized carbons (Fsp3) is 0.333. The topological polar surface area (TPSA) is 81.8 Å². The van der Waals surface area contributed by atoms with Crippen molar-refractivity contribution >= 4 is 16.9 Å². The first kappa shape index (κ1) is 15.6. The highest BCUT2D eigenvalue weighted by molar-refractivity contribution is 5.86. The van der Waals surface area contributed by atoms with Gasteiger partial charge in [-0.2, -0.15) is 5.10 Å². The maximum atomic E-state index is 12.8. The van der Waals surface area contributed by atoms with Crippen molar-refractivity contribution in [2.45, 2.75) is 38.6 Å². The van der Waals surface area contributed by atoms with Gasteiger partial charge in [-0.3, -0.25) is 15.0 Å². The maximum Gasteiger partial charge on any atom is 0.283 e. The molecule has 0 radical (unpaired) electrons. The zero-order chi connectivity index (χ0) is 17.6. The van der Waals surface area contributed by atoms with E-state index in [1.807, 2.05) is 35.0 Å². The van der Waals surface area contributed by atoms with Gasteiger partial charge >= 0.3 is 0 Å². The van der Waals surface area contributed by atoms with Crippen LogP contribution in [0.1, 0.15) is 31.2 Å². The molecule has 0 unspecified atom stereocenters. The van der Waals surface area contributed by atoms with Crippen molar-refractivity contribution in [3.8, 4) is 0 Å². The third-order valence-electron chi connectivity index (χ3n) is 4.70. The number of carbonyl (C=O) groups is 1. The quantitative estimate of drug-likeness (QED) is 0.786. The summed E-state index contributed by atoms with van der Waals surface area (Å²) in [5, 5.41) is 4.76. The van der Waals surface area contributed by atoms with Crippen molar-refractivity contribution in [3.63, 3.8) is 0 Å². The van der Waals surface area contributed by atoms with Gasteiger partial charge in [0.1, 0.15) is 11.2 Å². The van der Waals surface area contributed by atoms with Crippen LogP contribution >= 0.6 is 0 Å². The van der Waals surface area contributed by atoms with E-state index in [1.165, 1.54) is 10.9 Å². The molecular weight excluding hydrogens is 318 g/mol. The number of rotatable bonds is 4. The van der Waals surface area contributed by atoms with E-state index in [0.29, 0.717) is 16.9 Å². The van der Waals surface area contributed by atoms with Gasteiger partial charge in [0.15, 0.2) is 5.65 Å². The molecular formula is C18H19N5O2. The number of nitrogens with one attached hydrogen (secondary N) is 1. The molecule has 1 aromatic carbocycles. The van der Waals surface area contributed by atoms with Gasteiger partial charge in [-0.25, -0.2) is 14.3 Å². The van der Waals surface area contributed by atoms with Gasteiger partial charge in [0.25, 0.3) is 5.56 Å². The van der Waals surface area contributed by atoms with E-state index < -0.39 is 0 Å². The number of fused-ring (bicyclic) bond motifs is 1. The van der Waals surface area contributed by atoms with Crippen molar-refractivity contribution in [1.82, 2.24) is 19.4 Å². The second-order valence-electron chi connectivity index (χ2n) is 6.79. The summed E-state index contributed by atoms with van der Waals surface area (Å²) in [7, 11) is 0. The summed E-state index contributed by atoms with van der Waals surface area (Å²) in [6.07, 6.45) is 3.79. The average Bonchev–Trinajstić information content (AvgIpc) is 3.18. The molecule has 7 nitrogen and oxygen atoms in total. The Morgan fingerprint density at radius 2 is 2.00 bits per heavy atom. The zero-order valence-corrected chi connectivity index (χ0v) is 14.2. The van der Waals surface area contributed by atoms with Crippen molar-refractivity contribution in [2.75, 3.05) is 5.43 Å². The molecule has 128 valence electrons. The smallest absolute Gasteiger partial charge is 0.273 e. The Kier molecular flexibility index (Phi) is 3.45. The molecule has 1 saturated carbocycles. The summed E-state index contributed by atoms with van der Waals surface area (Å²) in [5.74, 6) is 0.170. The van der Waals surface area contributed by atoms with E-state index in [4.69, 9.17) is 0 Å². The normalized spacial score (nSPS) is 15.3. The van der Waals surface area contributed by atoms with Gasteiger partial charge in [-0.05, 0) is 32.3 Å². The molecule has 3 aromatic rings. The molecule has 1 N–H and O–H groups in total. The van der Waals surface area contributed by atoms with Gasteiger partial charge in [0.2, 0.25) is 5.91 Å². The van der Waals surface area contributed by atoms with Crippen LogP contribution in [0.25, 0.3) is 11.0 Å². The molecule has 1 fully saturated rings. The molecule has 1 amide bonds. The third-order valence-corrected chi connectivity index (χ3v) is 4.70. The van der Waals surface area contributed by atoms with Crippen LogP contribution in [0.2, 0.25) is 0 Å². The second-order valence-corrected chi connectivity index (χ2v) is 6.79. The minimum Gasteiger partial charge on any atom is -0.273 e. The van der Waals surface area contributed by atoms with Crippen molar-refractivity contribution in [3.05, 3.63) is 58.3 Å². The Morgan fingerprint density at radius 1 is 1.28 bits per heavy atom. The lowest BCUT2D eigenvalue weighted by molar-refractivity contribution is -0.116. The molecule has 2 aromatic heterocycles. The first-order chi connectivity index (χ1) is 12.0. The first-order valence-corrected chi connectivity index (χ1v) is 8.30. The highest BCUT2D eigenvalue weighted by atomic mass is 16.2. The van der Waals surface area contributed by atoms with Gasteiger partial charge < -0.3 is 0 Å². The van der Waals surface area contributed by atoms with Crippen LogP contribution in [-0.2, 0) is 16.8 Å². The number of aromatic nitrogens is 4. The van der Waals surface area contributed by atoms with Crippen LogP contribution in [0.4, 0.5) is 0 Å². The predicted molar refractivity (Wildman–Crippen MR) is 93.9 cm³/mol. The van der Waals surface area contributed by atoms with Crippen molar-refractivity contribution in [2.24, 2.45) is 0 Å². The van der Waals surface area contributed by atoms with E-state index in [1.54, 1.807) is 6.92 Å². The molecule has 0 atom stereocenters. The van der Waals surface area contributed by atoms with E-state index in [-0.39, 0.29) is 23.4 Å². The lowest BCUT2D eigenvalue weighted by Gasteiger charge is -2.13. The van der Waals surface area contributed by atoms with Gasteiger partial charge in [-0.1, -0.05) is 30.3 Å². The minimum absolute atomic E-state index is 0.0453. The monoisotopic (exact) mass is 337 g/mol. The summed E-state index contributed by atoms with van der Waals surface area (Å²) in [6, 6.07) is 9.39. The fourth-order valence-corrected chi connectivity index (χ4v) is 2.94. The van der Waals surface area contributed by atoms with E-state index in [9.17, 15) is 9.59 Å². The largest absolute Gasteiger partial charge is 0.283 e. The van der Waals surface area contributed by atoms with Gasteiger partial charge in [0.05, 0.1) is 18.2 Å². The number of hydrogen-bond acceptors (Lipinski definition) is 4. The molecule has 1 aliphatic carbocycles. The molecule has 1 aliphatic rings. The van der Waals surface area contributed by atoms with Crippen LogP contribution in [-0.4, -0.2) is 25.3 Å². The standard InChI is InChI=1S/C18H19N5O2/c1-12-20-16-14(11-19-23(16)18(2)8-9-18)17(25)22(12)21-15(24)10-13-6-4-3-5-7-13/h3-7,11H,8-10H2,1-2H3,(H,21,24). The molecule has 4 rings (SSSR count). The zero-order valence-electron chi connectivity index (χ0n) is 14.2. The summed E-state index contributed by atoms with van der Waals surface area (Å²) < 4.78 is 3.03. The van der Waals surface area contributed by atoms with Crippen LogP contribution in [0.3, 0.4) is 0 Å². The minimum atomic E-state index is -0.306. The SMILES string of the molecule is Cc1nc2c(cnn2C2(C)CC2)c(=O)n1NC(=O)Cc1ccccc1. The maximum absolute atomic E-state index is 12.8. The number of aryl methyl sites for hydroxylation is 1. The molecule has 7 heteroatoms. The van der Waals surface area contributed by atoms with Crippen LogP contribution in [0.5, 0.6) is 0 Å². The Bertz CT molecular complexity index is 1020. The Morgan fingerprint density at radius 3 is 2.68 bits per heavy atom. The van der Waals surface area contributed by atoms with Crippen molar-refractivity contribution in [1.29, 1.82) is 0 Å². The lowest BCUT2D eigenvalue weighted by Crippen LogP contribution is -2.36. The predicted octanol–water partition coefficient (Wildman–Crippen LogP) is 1.72. The number of benzene rings is 1. The van der Waals surface area contributed by atoms with Crippen LogP contribution in [0, 0.1) is 6.92 Å². The summed E-state index contributed by atoms with van der Waals surface area (Å²) in [5.41, 5.74) is 3.76. The number of carbonyl (C=O) groups excluding carboxylic acids is 1. The Hall–Kier alpha value is -2.96. The highest BCUT2D eigenvalue weighted by Crippen LogP contribution is 2.43. The highest BCUT2D eigenvalue weighted by Gasteiger charge is 2.41. The summed E-state index contributed by atoms with van der Waals surface area (Å²) >= 11 is 0. The van der Waals surface area contributed by atoms with Gasteiger partial charge in [0, 0.05) is 0 Å². The molecule has 25 heavy (non-hydrogen) atoms. The van der Waals surface area contributed by atoms with E-state index in [2.05, 4.69) is 22.4 Å². The Labute approximate surface area is 144 Å².